The van der Waals surface area contributed by atoms with E-state index >= 15 is 0 Å². The van der Waals surface area contributed by atoms with Gasteiger partial charge in [-0.05, 0) is 66.4 Å². The SMILES string of the molecule is CCOC(=O)c1c(-c2ccc(Cl)cc2)csc1NC(=O)/C=C/c1ccc(OCc2ccccc2C)c(OC)c1. The molecule has 0 spiro atoms. The summed E-state index contributed by atoms with van der Waals surface area (Å²) in [5.74, 6) is 0.272. The number of nitrogens with one attached hydrogen (secondary N) is 1. The fraction of sp³-hybridized carbons (Fsp3) is 0.161. The minimum absolute atomic E-state index is 0.217. The lowest BCUT2D eigenvalue weighted by Gasteiger charge is -2.12. The number of carbonyl (C=O) groups excluding carboxylic acids is 2. The van der Waals surface area contributed by atoms with E-state index in [-0.39, 0.29) is 12.5 Å². The molecule has 1 aromatic heterocycles. The third-order valence-electron chi connectivity index (χ3n) is 5.92. The zero-order chi connectivity index (χ0) is 27.8. The number of methoxy groups -OCH3 is 1. The van der Waals surface area contributed by atoms with Crippen molar-refractivity contribution in [2.75, 3.05) is 19.0 Å². The van der Waals surface area contributed by atoms with Crippen molar-refractivity contribution >= 4 is 45.9 Å². The number of rotatable bonds is 10. The Morgan fingerprint density at radius 2 is 1.79 bits per heavy atom. The van der Waals surface area contributed by atoms with Crippen LogP contribution in [0.25, 0.3) is 17.2 Å². The summed E-state index contributed by atoms with van der Waals surface area (Å²) in [5.41, 5.74) is 4.77. The van der Waals surface area contributed by atoms with E-state index in [2.05, 4.69) is 5.32 Å². The molecular weight excluding hydrogens is 534 g/mol. The Morgan fingerprint density at radius 3 is 2.51 bits per heavy atom. The number of halogens is 1. The molecule has 0 fully saturated rings. The zero-order valence-corrected chi connectivity index (χ0v) is 23.4. The van der Waals surface area contributed by atoms with E-state index in [0.717, 1.165) is 22.3 Å². The summed E-state index contributed by atoms with van der Waals surface area (Å²) in [4.78, 5) is 25.6. The van der Waals surface area contributed by atoms with Crippen LogP contribution in [-0.2, 0) is 16.1 Å². The van der Waals surface area contributed by atoms with Crippen LogP contribution in [0.5, 0.6) is 11.5 Å². The molecule has 0 atom stereocenters. The lowest BCUT2D eigenvalue weighted by atomic mass is 10.0. The number of ether oxygens (including phenoxy) is 3. The lowest BCUT2D eigenvalue weighted by Crippen LogP contribution is -2.12. The Bertz CT molecular complexity index is 1490. The van der Waals surface area contributed by atoms with Crippen molar-refractivity contribution < 1.29 is 23.8 Å². The number of anilines is 1. The van der Waals surface area contributed by atoms with Gasteiger partial charge in [0.1, 0.15) is 17.2 Å². The first-order valence-corrected chi connectivity index (χ1v) is 13.5. The van der Waals surface area contributed by atoms with E-state index in [0.29, 0.717) is 39.3 Å². The molecule has 0 aliphatic carbocycles. The number of thiophene rings is 1. The van der Waals surface area contributed by atoms with Crippen LogP contribution in [0.3, 0.4) is 0 Å². The first kappa shape index (κ1) is 28.0. The van der Waals surface area contributed by atoms with Gasteiger partial charge >= 0.3 is 5.97 Å². The van der Waals surface area contributed by atoms with E-state index in [1.165, 1.54) is 17.4 Å². The third kappa shape index (κ3) is 7.07. The number of aryl methyl sites for hydroxylation is 1. The normalized spacial score (nSPS) is 10.9. The maximum Gasteiger partial charge on any atom is 0.341 e. The van der Waals surface area contributed by atoms with Gasteiger partial charge in [0.05, 0.1) is 13.7 Å². The Hall–Kier alpha value is -4.07. The molecule has 0 aliphatic heterocycles. The van der Waals surface area contributed by atoms with E-state index < -0.39 is 5.97 Å². The van der Waals surface area contributed by atoms with Gasteiger partial charge in [-0.15, -0.1) is 11.3 Å². The second kappa shape index (κ2) is 13.1. The van der Waals surface area contributed by atoms with Crippen LogP contribution in [-0.4, -0.2) is 25.6 Å². The van der Waals surface area contributed by atoms with Crippen molar-refractivity contribution in [1.82, 2.24) is 0 Å². The molecule has 6 nitrogen and oxygen atoms in total. The van der Waals surface area contributed by atoms with Gasteiger partial charge < -0.3 is 19.5 Å². The van der Waals surface area contributed by atoms with Crippen molar-refractivity contribution in [2.24, 2.45) is 0 Å². The summed E-state index contributed by atoms with van der Waals surface area (Å²) in [5, 5.41) is 5.63. The van der Waals surface area contributed by atoms with E-state index in [1.54, 1.807) is 38.3 Å². The summed E-state index contributed by atoms with van der Waals surface area (Å²) in [6, 6.07) is 20.6. The lowest BCUT2D eigenvalue weighted by molar-refractivity contribution is -0.111. The van der Waals surface area contributed by atoms with Crippen LogP contribution < -0.4 is 14.8 Å². The van der Waals surface area contributed by atoms with Crippen LogP contribution in [0.2, 0.25) is 5.02 Å². The summed E-state index contributed by atoms with van der Waals surface area (Å²) >= 11 is 7.27. The highest BCUT2D eigenvalue weighted by Crippen LogP contribution is 2.37. The molecule has 39 heavy (non-hydrogen) atoms. The molecule has 0 unspecified atom stereocenters. The predicted molar refractivity (Wildman–Crippen MR) is 157 cm³/mol. The number of benzene rings is 3. The first-order chi connectivity index (χ1) is 18.9. The molecule has 0 radical (unpaired) electrons. The first-order valence-electron chi connectivity index (χ1n) is 12.3. The monoisotopic (exact) mass is 561 g/mol. The summed E-state index contributed by atoms with van der Waals surface area (Å²) in [6.45, 7) is 4.41. The maximum absolute atomic E-state index is 12.8. The molecule has 1 N–H and O–H groups in total. The van der Waals surface area contributed by atoms with Crippen LogP contribution in [0.4, 0.5) is 5.00 Å². The summed E-state index contributed by atoms with van der Waals surface area (Å²) in [7, 11) is 1.57. The molecule has 0 saturated carbocycles. The van der Waals surface area contributed by atoms with Crippen molar-refractivity contribution in [3.05, 3.63) is 105 Å². The fourth-order valence-electron chi connectivity index (χ4n) is 3.86. The van der Waals surface area contributed by atoms with Crippen molar-refractivity contribution in [3.8, 4) is 22.6 Å². The van der Waals surface area contributed by atoms with E-state index in [1.807, 2.05) is 60.8 Å². The van der Waals surface area contributed by atoms with E-state index in [4.69, 9.17) is 25.8 Å². The minimum atomic E-state index is -0.506. The zero-order valence-electron chi connectivity index (χ0n) is 21.8. The molecule has 1 amide bonds. The highest BCUT2D eigenvalue weighted by molar-refractivity contribution is 7.15. The number of carbonyl (C=O) groups is 2. The average Bonchev–Trinajstić information content (AvgIpc) is 3.35. The molecule has 3 aromatic carbocycles. The Balaban J connectivity index is 1.48. The average molecular weight is 562 g/mol. The second-order valence-corrected chi connectivity index (χ2v) is 9.84. The van der Waals surface area contributed by atoms with Gasteiger partial charge in [-0.2, -0.15) is 0 Å². The number of hydrogen-bond acceptors (Lipinski definition) is 6. The quantitative estimate of drug-likeness (QED) is 0.158. The molecule has 1 heterocycles. The Morgan fingerprint density at radius 1 is 1.03 bits per heavy atom. The summed E-state index contributed by atoms with van der Waals surface area (Å²) < 4.78 is 16.7. The van der Waals surface area contributed by atoms with Crippen molar-refractivity contribution in [2.45, 2.75) is 20.5 Å². The van der Waals surface area contributed by atoms with Gasteiger partial charge in [0.15, 0.2) is 11.5 Å². The molecule has 200 valence electrons. The van der Waals surface area contributed by atoms with Crippen LogP contribution >= 0.6 is 22.9 Å². The van der Waals surface area contributed by atoms with Gasteiger partial charge in [-0.1, -0.05) is 54.1 Å². The fourth-order valence-corrected chi connectivity index (χ4v) is 4.94. The van der Waals surface area contributed by atoms with Crippen LogP contribution in [0, 0.1) is 6.92 Å². The summed E-state index contributed by atoms with van der Waals surface area (Å²) in [6.07, 6.45) is 3.07. The van der Waals surface area contributed by atoms with Gasteiger partial charge in [0.2, 0.25) is 5.91 Å². The third-order valence-corrected chi connectivity index (χ3v) is 7.07. The minimum Gasteiger partial charge on any atom is -0.493 e. The topological polar surface area (TPSA) is 73.9 Å². The maximum atomic E-state index is 12.8. The Labute approximate surface area is 236 Å². The highest BCUT2D eigenvalue weighted by atomic mass is 35.5. The number of amides is 1. The standard InChI is InChI=1S/C31H28ClNO5S/c1-4-37-31(35)29-25(22-11-13-24(32)14-12-22)19-39-30(29)33-28(34)16-10-21-9-15-26(27(17-21)36-3)38-18-23-8-6-5-7-20(23)2/h5-17,19H,4,18H2,1-3H3,(H,33,34)/b16-10+. The smallest absolute Gasteiger partial charge is 0.341 e. The van der Waals surface area contributed by atoms with Crippen LogP contribution in [0.15, 0.2) is 78.2 Å². The molecule has 0 saturated heterocycles. The molecule has 8 heteroatoms. The van der Waals surface area contributed by atoms with Crippen molar-refractivity contribution in [1.29, 1.82) is 0 Å². The van der Waals surface area contributed by atoms with Crippen LogP contribution in [0.1, 0.15) is 34.0 Å². The van der Waals surface area contributed by atoms with Crippen molar-refractivity contribution in [3.63, 3.8) is 0 Å². The van der Waals surface area contributed by atoms with Gasteiger partial charge in [-0.25, -0.2) is 4.79 Å². The molecule has 4 aromatic rings. The highest BCUT2D eigenvalue weighted by Gasteiger charge is 2.22. The Kier molecular flexibility index (Phi) is 9.41. The molecular formula is C31H28ClNO5S. The number of esters is 1. The van der Waals surface area contributed by atoms with Gasteiger partial charge in [-0.3, -0.25) is 4.79 Å². The second-order valence-electron chi connectivity index (χ2n) is 8.53. The van der Waals surface area contributed by atoms with Gasteiger partial charge in [0.25, 0.3) is 0 Å². The molecule has 0 bridgehead atoms. The molecule has 0 aliphatic rings. The largest absolute Gasteiger partial charge is 0.493 e. The van der Waals surface area contributed by atoms with Gasteiger partial charge in [0, 0.05) is 22.0 Å². The number of hydrogen-bond donors (Lipinski definition) is 1. The predicted octanol–water partition coefficient (Wildman–Crippen LogP) is 7.79. The van der Waals surface area contributed by atoms with E-state index in [9.17, 15) is 9.59 Å². The molecule has 4 rings (SSSR count).